The molecule has 0 radical (unpaired) electrons. The van der Waals surface area contributed by atoms with E-state index < -0.39 is 0 Å². The molecule has 2 aromatic rings. The molecule has 0 saturated carbocycles. The van der Waals surface area contributed by atoms with E-state index in [1.807, 2.05) is 25.1 Å². The van der Waals surface area contributed by atoms with Crippen LogP contribution in [0.3, 0.4) is 0 Å². The number of amides is 2. The zero-order valence-corrected chi connectivity index (χ0v) is 13.3. The lowest BCUT2D eigenvalue weighted by Crippen LogP contribution is -2.30. The minimum absolute atomic E-state index is 0.123. The van der Waals surface area contributed by atoms with E-state index in [2.05, 4.69) is 6.07 Å². The summed E-state index contributed by atoms with van der Waals surface area (Å²) in [5, 5.41) is 0. The Balaban J connectivity index is 1.79. The summed E-state index contributed by atoms with van der Waals surface area (Å²) >= 11 is 0. The smallest absolute Gasteiger partial charge is 0.237 e. The maximum absolute atomic E-state index is 12.6. The number of rotatable bonds is 4. The average Bonchev–Trinajstić information content (AvgIpc) is 2.81. The van der Waals surface area contributed by atoms with Crippen LogP contribution < -0.4 is 9.64 Å². The molecule has 1 fully saturated rings. The fourth-order valence-corrected chi connectivity index (χ4v) is 2.98. The molecule has 23 heavy (non-hydrogen) atoms. The first-order chi connectivity index (χ1) is 11.1. The van der Waals surface area contributed by atoms with E-state index in [0.29, 0.717) is 17.9 Å². The molecular weight excluding hydrogens is 290 g/mol. The highest BCUT2D eigenvalue weighted by atomic mass is 16.5. The molecule has 1 saturated heterocycles. The van der Waals surface area contributed by atoms with Gasteiger partial charge in [0.2, 0.25) is 11.8 Å². The summed E-state index contributed by atoms with van der Waals surface area (Å²) < 4.78 is 5.11. The molecule has 3 rings (SSSR count). The van der Waals surface area contributed by atoms with E-state index in [1.165, 1.54) is 4.90 Å². The molecule has 118 valence electrons. The molecule has 2 aromatic carbocycles. The van der Waals surface area contributed by atoms with Crippen molar-refractivity contribution in [1.29, 1.82) is 0 Å². The van der Waals surface area contributed by atoms with E-state index >= 15 is 0 Å². The van der Waals surface area contributed by atoms with Crippen LogP contribution in [0.4, 0.5) is 5.69 Å². The van der Waals surface area contributed by atoms with Gasteiger partial charge < -0.3 is 4.74 Å². The molecule has 1 aliphatic rings. The lowest BCUT2D eigenvalue weighted by molar-refractivity contribution is -0.122. The molecule has 1 heterocycles. The standard InChI is InChI=1S/C19H19NO3/c1-13-4-3-5-14(10-13)11-15-12-18(21)20(19(15)22)16-6-8-17(23-2)9-7-16/h3-10,15H,11-12H2,1-2H3. The first-order valence-corrected chi connectivity index (χ1v) is 7.65. The minimum atomic E-state index is -0.286. The third kappa shape index (κ3) is 3.11. The summed E-state index contributed by atoms with van der Waals surface area (Å²) in [5.74, 6) is 0.148. The van der Waals surface area contributed by atoms with Crippen molar-refractivity contribution in [1.82, 2.24) is 0 Å². The van der Waals surface area contributed by atoms with Crippen LogP contribution in [0.15, 0.2) is 48.5 Å². The number of ether oxygens (including phenoxy) is 1. The van der Waals surface area contributed by atoms with Crippen LogP contribution in [-0.2, 0) is 16.0 Å². The van der Waals surface area contributed by atoms with Crippen LogP contribution in [0.25, 0.3) is 0 Å². The molecule has 0 N–H and O–H groups in total. The predicted octanol–water partition coefficient (Wildman–Crippen LogP) is 3.13. The Bertz CT molecular complexity index is 737. The molecule has 1 atom stereocenters. The second kappa shape index (κ2) is 6.24. The lowest BCUT2D eigenvalue weighted by Gasteiger charge is -2.15. The topological polar surface area (TPSA) is 46.6 Å². The average molecular weight is 309 g/mol. The van der Waals surface area contributed by atoms with Crippen molar-refractivity contribution >= 4 is 17.5 Å². The number of anilines is 1. The Morgan fingerprint density at radius 3 is 2.52 bits per heavy atom. The largest absolute Gasteiger partial charge is 0.497 e. The summed E-state index contributed by atoms with van der Waals surface area (Å²) in [6.07, 6.45) is 0.859. The minimum Gasteiger partial charge on any atom is -0.497 e. The van der Waals surface area contributed by atoms with E-state index in [-0.39, 0.29) is 24.2 Å². The number of hydrogen-bond donors (Lipinski definition) is 0. The molecule has 0 bridgehead atoms. The van der Waals surface area contributed by atoms with Gasteiger partial charge in [-0.3, -0.25) is 14.5 Å². The third-order valence-corrected chi connectivity index (χ3v) is 4.14. The van der Waals surface area contributed by atoms with Gasteiger partial charge in [-0.2, -0.15) is 0 Å². The number of carbonyl (C=O) groups excluding carboxylic acids is 2. The molecule has 1 unspecified atom stereocenters. The Kier molecular flexibility index (Phi) is 4.15. The van der Waals surface area contributed by atoms with Crippen LogP contribution in [0.2, 0.25) is 0 Å². The van der Waals surface area contributed by atoms with E-state index in [9.17, 15) is 9.59 Å². The predicted molar refractivity (Wildman–Crippen MR) is 88.5 cm³/mol. The maximum atomic E-state index is 12.6. The molecule has 0 spiro atoms. The van der Waals surface area contributed by atoms with Crippen molar-refractivity contribution < 1.29 is 14.3 Å². The summed E-state index contributed by atoms with van der Waals surface area (Å²) in [6, 6.07) is 15.1. The fraction of sp³-hybridized carbons (Fsp3) is 0.263. The normalized spacial score (nSPS) is 17.7. The third-order valence-electron chi connectivity index (χ3n) is 4.14. The number of hydrogen-bond acceptors (Lipinski definition) is 3. The maximum Gasteiger partial charge on any atom is 0.237 e. The van der Waals surface area contributed by atoms with Crippen LogP contribution in [0.1, 0.15) is 17.5 Å². The van der Waals surface area contributed by atoms with Crippen LogP contribution >= 0.6 is 0 Å². The zero-order chi connectivity index (χ0) is 16.4. The van der Waals surface area contributed by atoms with Crippen molar-refractivity contribution in [3.63, 3.8) is 0 Å². The summed E-state index contributed by atoms with van der Waals surface area (Å²) in [7, 11) is 1.58. The van der Waals surface area contributed by atoms with Gasteiger partial charge in [0, 0.05) is 6.42 Å². The molecule has 2 amide bonds. The second-order valence-electron chi connectivity index (χ2n) is 5.86. The Morgan fingerprint density at radius 2 is 1.87 bits per heavy atom. The van der Waals surface area contributed by atoms with Crippen LogP contribution in [0, 0.1) is 12.8 Å². The first kappa shape index (κ1) is 15.3. The SMILES string of the molecule is COc1ccc(N2C(=O)CC(Cc3cccc(C)c3)C2=O)cc1. The number of nitrogens with zero attached hydrogens (tertiary/aromatic N) is 1. The van der Waals surface area contributed by atoms with Gasteiger partial charge in [0.1, 0.15) is 5.75 Å². The van der Waals surface area contributed by atoms with E-state index in [0.717, 1.165) is 11.1 Å². The molecular formula is C19H19NO3. The highest BCUT2D eigenvalue weighted by Gasteiger charge is 2.39. The highest BCUT2D eigenvalue weighted by molar-refractivity contribution is 6.21. The molecule has 4 nitrogen and oxygen atoms in total. The highest BCUT2D eigenvalue weighted by Crippen LogP contribution is 2.29. The van der Waals surface area contributed by atoms with Gasteiger partial charge in [-0.25, -0.2) is 0 Å². The number of imide groups is 1. The monoisotopic (exact) mass is 309 g/mol. The van der Waals surface area contributed by atoms with Gasteiger partial charge >= 0.3 is 0 Å². The van der Waals surface area contributed by atoms with Gasteiger partial charge in [-0.05, 0) is 43.2 Å². The van der Waals surface area contributed by atoms with E-state index in [4.69, 9.17) is 4.74 Å². The summed E-state index contributed by atoms with van der Waals surface area (Å²) in [5.41, 5.74) is 2.85. The Morgan fingerprint density at radius 1 is 1.13 bits per heavy atom. The van der Waals surface area contributed by atoms with Crippen molar-refractivity contribution in [2.75, 3.05) is 12.0 Å². The van der Waals surface area contributed by atoms with Crippen molar-refractivity contribution in [2.24, 2.45) is 5.92 Å². The Hall–Kier alpha value is -2.62. The van der Waals surface area contributed by atoms with Gasteiger partial charge in [-0.1, -0.05) is 29.8 Å². The van der Waals surface area contributed by atoms with Gasteiger partial charge in [0.05, 0.1) is 18.7 Å². The summed E-state index contributed by atoms with van der Waals surface area (Å²) in [6.45, 7) is 2.02. The molecule has 1 aliphatic heterocycles. The van der Waals surface area contributed by atoms with Crippen molar-refractivity contribution in [2.45, 2.75) is 19.8 Å². The number of benzene rings is 2. The number of aryl methyl sites for hydroxylation is 1. The Labute approximate surface area is 135 Å². The fourth-order valence-electron chi connectivity index (χ4n) is 2.98. The van der Waals surface area contributed by atoms with Gasteiger partial charge in [0.25, 0.3) is 0 Å². The number of methoxy groups -OCH3 is 1. The van der Waals surface area contributed by atoms with Gasteiger partial charge in [0.15, 0.2) is 0 Å². The van der Waals surface area contributed by atoms with Crippen molar-refractivity contribution in [3.05, 3.63) is 59.7 Å². The summed E-state index contributed by atoms with van der Waals surface area (Å²) in [4.78, 5) is 26.2. The second-order valence-corrected chi connectivity index (χ2v) is 5.86. The zero-order valence-electron chi connectivity index (χ0n) is 13.3. The van der Waals surface area contributed by atoms with Gasteiger partial charge in [-0.15, -0.1) is 0 Å². The molecule has 0 aliphatic carbocycles. The lowest BCUT2D eigenvalue weighted by atomic mass is 9.97. The quantitative estimate of drug-likeness (QED) is 0.815. The number of carbonyl (C=O) groups is 2. The molecule has 0 aromatic heterocycles. The van der Waals surface area contributed by atoms with Crippen LogP contribution in [-0.4, -0.2) is 18.9 Å². The van der Waals surface area contributed by atoms with Crippen molar-refractivity contribution in [3.8, 4) is 5.75 Å². The van der Waals surface area contributed by atoms with Crippen LogP contribution in [0.5, 0.6) is 5.75 Å². The van der Waals surface area contributed by atoms with E-state index in [1.54, 1.807) is 31.4 Å². The molecule has 4 heteroatoms. The first-order valence-electron chi connectivity index (χ1n) is 7.65.